The van der Waals surface area contributed by atoms with E-state index >= 15 is 0 Å². The molecule has 27 nitrogen and oxygen atoms in total. The average molecular weight is 1420 g/mol. The number of hydrogen-bond donors (Lipinski definition) is 6. The second-order valence-electron chi connectivity index (χ2n) is 27.9. The topological polar surface area (TPSA) is 355 Å². The number of likely N-dealkylation sites (N-methyl/N-ethyl adjacent to an activating group) is 1. The van der Waals surface area contributed by atoms with Crippen molar-refractivity contribution in [3.05, 3.63) is 131 Å². The predicted octanol–water partition coefficient (Wildman–Crippen LogP) is 8.30. The standard InChI is InChI=1S/C74H91N13O14S/c1-46(2)64(81-61(88)17-6-5-9-28-85-62(89)24-25-63(85)90)68(93)87(58(66(75)91)15-11-27-77-70(76)96)52-20-18-48(19-21-52)43-100-72(97)83(4)30-31-98-32-33-99-34-35-101-74-39-49-36-50(40-74)38-73(37-49,44-74)45-86-47(3)55(41-78-86)53-22-23-60(80-65(53)69(94)95)84-29-26-51-12-10-13-54(56(51)42-84)67(92)82-71-79-57-14-7-8-16-59(57)102-71/h7-8,10,12-14,16,18-25,41,46,49-50,58,64H,5-6,9,11,15,17,26-40,42-45H2,1-4H3,(H2,75,91)(H,81,88)(H,94,95)(H3,76,77,96)(H,79,82,92)/t49?,50?,58-,64-,73?,74?/m0/s1. The zero-order chi connectivity index (χ0) is 72.2. The summed E-state index contributed by atoms with van der Waals surface area (Å²) in [5.41, 5.74) is 17.1. The molecule has 6 aliphatic rings. The average Bonchev–Trinajstić information content (AvgIpc) is 0.786. The number of nitrogens with zero attached hydrogens (tertiary/aromatic N) is 8. The largest absolute Gasteiger partial charge is 0.476 e. The molecule has 6 aromatic rings. The van der Waals surface area contributed by atoms with Crippen LogP contribution in [-0.2, 0) is 69.0 Å². The predicted molar refractivity (Wildman–Crippen MR) is 381 cm³/mol. The van der Waals surface area contributed by atoms with Crippen LogP contribution < -0.4 is 37.2 Å². The summed E-state index contributed by atoms with van der Waals surface area (Å²) in [7, 11) is 1.60. The first-order valence-corrected chi connectivity index (χ1v) is 35.9. The van der Waals surface area contributed by atoms with Crippen molar-refractivity contribution in [1.82, 2.24) is 40.2 Å². The fourth-order valence-corrected chi connectivity index (χ4v) is 16.5. The fourth-order valence-electron chi connectivity index (χ4n) is 15.6. The van der Waals surface area contributed by atoms with Crippen LogP contribution in [0.3, 0.4) is 0 Å². The molecule has 542 valence electrons. The summed E-state index contributed by atoms with van der Waals surface area (Å²) in [6.07, 6.45) is 12.4. The van der Waals surface area contributed by atoms with Gasteiger partial charge < -0.3 is 56.0 Å². The minimum atomic E-state index is -1.19. The molecule has 3 aromatic heterocycles. The van der Waals surface area contributed by atoms with Gasteiger partial charge >= 0.3 is 18.1 Å². The van der Waals surface area contributed by atoms with E-state index in [4.69, 9.17) is 40.5 Å². The maximum atomic E-state index is 14.6. The number of anilines is 3. The first kappa shape index (κ1) is 73.6. The van der Waals surface area contributed by atoms with Gasteiger partial charge in [0.2, 0.25) is 11.8 Å². The number of primary amides is 2. The number of nitrogens with one attached hydrogen (secondary N) is 3. The number of imide groups is 1. The van der Waals surface area contributed by atoms with Crippen LogP contribution in [0.1, 0.15) is 134 Å². The number of urea groups is 1. The Bertz CT molecular complexity index is 4050. The summed E-state index contributed by atoms with van der Waals surface area (Å²) in [5, 5.41) is 24.4. The molecular weight excluding hydrogens is 1330 g/mol. The second kappa shape index (κ2) is 33.0. The van der Waals surface area contributed by atoms with Gasteiger partial charge in [0.05, 0.1) is 55.0 Å². The second-order valence-corrected chi connectivity index (χ2v) is 28.9. The van der Waals surface area contributed by atoms with Crippen LogP contribution in [0.5, 0.6) is 0 Å². The molecule has 12 rings (SSSR count). The molecular formula is C74H91N13O14S. The van der Waals surface area contributed by atoms with Crippen molar-refractivity contribution in [2.45, 2.75) is 142 Å². The van der Waals surface area contributed by atoms with Crippen LogP contribution in [0, 0.1) is 30.1 Å². The molecule has 0 spiro atoms. The van der Waals surface area contributed by atoms with Crippen molar-refractivity contribution < 1.29 is 67.2 Å². The van der Waals surface area contributed by atoms with E-state index in [1.54, 1.807) is 51.4 Å². The van der Waals surface area contributed by atoms with Gasteiger partial charge in [0, 0.05) is 93.0 Å². The van der Waals surface area contributed by atoms with E-state index in [2.05, 4.69) is 20.9 Å². The SMILES string of the molecule is Cc1c(-c2ccc(N3CCc4cccc(C(=O)Nc5nc6ccccc6s5)c4C3)nc2C(=O)O)cnn1CC12CC3CC(C1)CC(OCCOCCOCCN(C)C(=O)OCc1ccc(N(C(=O)[C@@H](NC(=O)CCCCCN4C(=O)C=CC4=O)C(C)C)[C@@H](CCCNC(N)=O)C(N)=O)cc1)(C3)C2. The van der Waals surface area contributed by atoms with E-state index in [0.717, 1.165) is 69.6 Å². The number of unbranched alkanes of at least 4 members (excludes halogenated alkanes) is 2. The van der Waals surface area contributed by atoms with Gasteiger partial charge in [0.1, 0.15) is 24.5 Å². The van der Waals surface area contributed by atoms with Gasteiger partial charge in [-0.1, -0.05) is 68.0 Å². The molecule has 5 heterocycles. The van der Waals surface area contributed by atoms with Crippen LogP contribution in [0.4, 0.5) is 26.2 Å². The highest BCUT2D eigenvalue weighted by Crippen LogP contribution is 2.63. The number of carbonyl (C=O) groups excluding carboxylic acids is 8. The number of amides is 9. The van der Waals surface area contributed by atoms with E-state index in [1.807, 2.05) is 71.1 Å². The van der Waals surface area contributed by atoms with E-state index in [9.17, 15) is 48.3 Å². The monoisotopic (exact) mass is 1420 g/mol. The summed E-state index contributed by atoms with van der Waals surface area (Å²) < 4.78 is 27.3. The van der Waals surface area contributed by atoms with Gasteiger partial charge in [-0.2, -0.15) is 5.10 Å². The van der Waals surface area contributed by atoms with Gasteiger partial charge in [0.25, 0.3) is 23.6 Å². The molecule has 9 amide bonds. The highest BCUT2D eigenvalue weighted by Gasteiger charge is 2.58. The minimum absolute atomic E-state index is 0.0300. The van der Waals surface area contributed by atoms with Crippen LogP contribution in [0.15, 0.2) is 97.2 Å². The van der Waals surface area contributed by atoms with Crippen molar-refractivity contribution in [2.75, 3.05) is 81.4 Å². The van der Waals surface area contributed by atoms with Crippen LogP contribution in [0.2, 0.25) is 0 Å². The lowest BCUT2D eigenvalue weighted by atomic mass is 9.48. The third-order valence-electron chi connectivity index (χ3n) is 20.2. The lowest BCUT2D eigenvalue weighted by molar-refractivity contribution is -0.201. The molecule has 102 heavy (non-hydrogen) atoms. The summed E-state index contributed by atoms with van der Waals surface area (Å²) in [5.74, 6) is -2.77. The van der Waals surface area contributed by atoms with Crippen molar-refractivity contribution in [1.29, 1.82) is 0 Å². The Morgan fingerprint density at radius 1 is 0.824 bits per heavy atom. The molecule has 4 fully saturated rings. The molecule has 4 aliphatic carbocycles. The third kappa shape index (κ3) is 17.8. The number of benzene rings is 3. The van der Waals surface area contributed by atoms with Gasteiger partial charge in [-0.05, 0) is 160 Å². The summed E-state index contributed by atoms with van der Waals surface area (Å²) in [4.78, 5) is 131. The van der Waals surface area contributed by atoms with Crippen molar-refractivity contribution in [3.63, 3.8) is 0 Å². The Morgan fingerprint density at radius 3 is 2.27 bits per heavy atom. The number of para-hydroxylation sites is 1. The Balaban J connectivity index is 0.613. The number of nitrogens with two attached hydrogens (primary N) is 2. The summed E-state index contributed by atoms with van der Waals surface area (Å²) >= 11 is 1.42. The highest BCUT2D eigenvalue weighted by molar-refractivity contribution is 7.22. The molecule has 4 bridgehead atoms. The number of aromatic carboxylic acids is 1. The number of carboxylic acids is 1. The Morgan fingerprint density at radius 2 is 1.56 bits per heavy atom. The van der Waals surface area contributed by atoms with Crippen molar-refractivity contribution >= 4 is 91.7 Å². The van der Waals surface area contributed by atoms with E-state index in [-0.39, 0.29) is 86.5 Å². The van der Waals surface area contributed by atoms with Gasteiger partial charge in [-0.15, -0.1) is 0 Å². The number of thiazole rings is 1. The molecule has 3 aromatic carbocycles. The maximum absolute atomic E-state index is 14.6. The smallest absolute Gasteiger partial charge is 0.409 e. The number of fused-ring (bicyclic) bond motifs is 2. The summed E-state index contributed by atoms with van der Waals surface area (Å²) in [6.45, 7) is 9.34. The fraction of sp³-hybridized carbons (Fsp3) is 0.486. The molecule has 2 unspecified atom stereocenters. The normalized spacial score (nSPS) is 19.4. The molecule has 8 N–H and O–H groups in total. The zero-order valence-corrected chi connectivity index (χ0v) is 59.0. The molecule has 2 aliphatic heterocycles. The molecule has 4 atom stereocenters. The zero-order valence-electron chi connectivity index (χ0n) is 58.2. The first-order chi connectivity index (χ1) is 49.0. The van der Waals surface area contributed by atoms with E-state index in [1.165, 1.54) is 39.7 Å². The maximum Gasteiger partial charge on any atom is 0.409 e. The van der Waals surface area contributed by atoms with Gasteiger partial charge in [-0.3, -0.25) is 48.6 Å². The van der Waals surface area contributed by atoms with Crippen LogP contribution in [0.25, 0.3) is 21.3 Å². The van der Waals surface area contributed by atoms with Crippen molar-refractivity contribution in [3.8, 4) is 11.1 Å². The van der Waals surface area contributed by atoms with E-state index in [0.29, 0.717) is 117 Å². The summed E-state index contributed by atoms with van der Waals surface area (Å²) in [6, 6.07) is 20.7. The quantitative estimate of drug-likeness (QED) is 0.0161. The lowest BCUT2D eigenvalue weighted by Crippen LogP contribution is -2.58. The number of carbonyl (C=O) groups is 9. The van der Waals surface area contributed by atoms with E-state index < -0.39 is 53.8 Å². The van der Waals surface area contributed by atoms with Crippen LogP contribution in [-0.4, -0.2) is 172 Å². The Hall–Kier alpha value is -9.64. The Labute approximate surface area is 596 Å². The van der Waals surface area contributed by atoms with Gasteiger partial charge in [-0.25, -0.2) is 24.4 Å². The number of ether oxygens (including phenoxy) is 4. The number of rotatable bonds is 35. The molecule has 0 saturated heterocycles. The lowest BCUT2D eigenvalue weighted by Gasteiger charge is -2.61. The number of pyridine rings is 1. The Kier molecular flexibility index (Phi) is 23.8. The van der Waals surface area contributed by atoms with Crippen LogP contribution >= 0.6 is 11.3 Å². The van der Waals surface area contributed by atoms with Gasteiger partial charge in [0.15, 0.2) is 10.8 Å². The highest BCUT2D eigenvalue weighted by atomic mass is 32.1. The molecule has 28 heteroatoms. The number of carboxylic acid groups (broad SMARTS) is 1. The minimum Gasteiger partial charge on any atom is -0.476 e. The molecule has 4 saturated carbocycles. The first-order valence-electron chi connectivity index (χ1n) is 35.1. The number of aromatic nitrogens is 4. The van der Waals surface area contributed by atoms with Crippen molar-refractivity contribution in [2.24, 2.45) is 34.6 Å². The third-order valence-corrected chi connectivity index (χ3v) is 21.1. The number of hydrogen-bond acceptors (Lipinski definition) is 18. The molecule has 0 radical (unpaired) electrons.